The first kappa shape index (κ1) is 15.0. The van der Waals surface area contributed by atoms with Crippen LogP contribution in [0, 0.1) is 5.82 Å². The maximum absolute atomic E-state index is 14.0. The first-order valence-electron chi connectivity index (χ1n) is 7.48. The van der Waals surface area contributed by atoms with Gasteiger partial charge in [-0.3, -0.25) is 4.79 Å². The van der Waals surface area contributed by atoms with Crippen molar-refractivity contribution >= 4 is 5.91 Å². The Bertz CT molecular complexity index is 450. The van der Waals surface area contributed by atoms with Gasteiger partial charge in [-0.2, -0.15) is 0 Å². The van der Waals surface area contributed by atoms with Crippen molar-refractivity contribution in [1.82, 2.24) is 10.2 Å². The molecule has 2 rings (SSSR count). The fourth-order valence-electron chi connectivity index (χ4n) is 2.62. The van der Waals surface area contributed by atoms with Crippen molar-refractivity contribution in [1.29, 1.82) is 0 Å². The Morgan fingerprint density at radius 1 is 1.35 bits per heavy atom. The molecule has 4 heteroatoms. The number of rotatable bonds is 6. The zero-order valence-corrected chi connectivity index (χ0v) is 12.1. The van der Waals surface area contributed by atoms with Crippen molar-refractivity contribution in [2.24, 2.45) is 0 Å². The Morgan fingerprint density at radius 3 is 2.85 bits per heavy atom. The van der Waals surface area contributed by atoms with E-state index in [-0.39, 0.29) is 17.8 Å². The maximum Gasteiger partial charge on any atom is 0.222 e. The molecule has 0 spiro atoms. The summed E-state index contributed by atoms with van der Waals surface area (Å²) in [7, 11) is 0. The number of piperidine rings is 1. The monoisotopic (exact) mass is 278 g/mol. The van der Waals surface area contributed by atoms with Crippen molar-refractivity contribution in [2.75, 3.05) is 19.6 Å². The number of carbonyl (C=O) groups is 1. The summed E-state index contributed by atoms with van der Waals surface area (Å²) in [5, 5.41) is 3.36. The van der Waals surface area contributed by atoms with Gasteiger partial charge in [-0.25, -0.2) is 4.39 Å². The Morgan fingerprint density at radius 2 is 2.15 bits per heavy atom. The highest BCUT2D eigenvalue weighted by Crippen LogP contribution is 2.20. The van der Waals surface area contributed by atoms with Crippen LogP contribution in [0.2, 0.25) is 0 Å². The maximum atomic E-state index is 14.0. The molecule has 1 saturated heterocycles. The van der Waals surface area contributed by atoms with E-state index < -0.39 is 0 Å². The topological polar surface area (TPSA) is 32.3 Å². The molecule has 1 N–H and O–H groups in total. The zero-order chi connectivity index (χ0) is 14.4. The zero-order valence-electron chi connectivity index (χ0n) is 12.1. The predicted octanol–water partition coefficient (Wildman–Crippen LogP) is 2.88. The molecule has 1 aromatic carbocycles. The third kappa shape index (κ3) is 3.79. The summed E-state index contributed by atoms with van der Waals surface area (Å²) in [6, 6.07) is 6.70. The van der Waals surface area contributed by atoms with E-state index in [4.69, 9.17) is 0 Å². The van der Waals surface area contributed by atoms with Crippen LogP contribution in [-0.4, -0.2) is 30.4 Å². The highest BCUT2D eigenvalue weighted by atomic mass is 19.1. The largest absolute Gasteiger partial charge is 0.341 e. The first-order chi connectivity index (χ1) is 9.72. The lowest BCUT2D eigenvalue weighted by Crippen LogP contribution is -2.42. The molecule has 3 nitrogen and oxygen atoms in total. The molecule has 1 fully saturated rings. The molecule has 1 aliphatic heterocycles. The minimum absolute atomic E-state index is 0.127. The van der Waals surface area contributed by atoms with Crippen molar-refractivity contribution < 1.29 is 9.18 Å². The number of benzene rings is 1. The Kier molecular flexibility index (Phi) is 5.53. The van der Waals surface area contributed by atoms with Gasteiger partial charge in [-0.15, -0.1) is 0 Å². The van der Waals surface area contributed by atoms with E-state index in [2.05, 4.69) is 12.2 Å². The van der Waals surface area contributed by atoms with Gasteiger partial charge in [0.2, 0.25) is 5.91 Å². The Labute approximate surface area is 120 Å². The number of likely N-dealkylation sites (tertiary alicyclic amines) is 1. The second-order valence-electron chi connectivity index (χ2n) is 5.33. The number of amides is 1. The molecule has 1 aromatic rings. The number of hydrogen-bond donors (Lipinski definition) is 1. The highest BCUT2D eigenvalue weighted by molar-refractivity contribution is 5.76. The molecule has 1 aliphatic rings. The number of carbonyl (C=O) groups excluding carboxylic acids is 1. The van der Waals surface area contributed by atoms with E-state index >= 15 is 0 Å². The average molecular weight is 278 g/mol. The van der Waals surface area contributed by atoms with E-state index in [9.17, 15) is 9.18 Å². The molecule has 1 unspecified atom stereocenters. The van der Waals surface area contributed by atoms with E-state index in [1.54, 1.807) is 12.1 Å². The molecule has 20 heavy (non-hydrogen) atoms. The fourth-order valence-corrected chi connectivity index (χ4v) is 2.62. The molecule has 0 saturated carbocycles. The molecule has 0 radical (unpaired) electrons. The number of halogens is 1. The molecule has 1 amide bonds. The average Bonchev–Trinajstić information content (AvgIpc) is 2.46. The lowest BCUT2D eigenvalue weighted by Gasteiger charge is -2.31. The normalized spacial score (nSPS) is 17.3. The predicted molar refractivity (Wildman–Crippen MR) is 77.9 cm³/mol. The standard InChI is InChI=1S/C16H23FN2O/c1-2-10-18-15(13-7-3-4-8-14(13)17)12-19-11-6-5-9-16(19)20/h3-4,7-8,15,18H,2,5-6,9-12H2,1H3. The second-order valence-corrected chi connectivity index (χ2v) is 5.33. The first-order valence-corrected chi connectivity index (χ1v) is 7.48. The Balaban J connectivity index is 2.11. The van der Waals surface area contributed by atoms with Crippen molar-refractivity contribution in [2.45, 2.75) is 38.6 Å². The summed E-state index contributed by atoms with van der Waals surface area (Å²) in [5.41, 5.74) is 0.652. The molecule has 0 bridgehead atoms. The minimum Gasteiger partial charge on any atom is -0.341 e. The van der Waals surface area contributed by atoms with Crippen LogP contribution in [0.3, 0.4) is 0 Å². The van der Waals surface area contributed by atoms with Gasteiger partial charge in [0.1, 0.15) is 5.82 Å². The summed E-state index contributed by atoms with van der Waals surface area (Å²) in [5.74, 6) is -0.0125. The molecular weight excluding hydrogens is 255 g/mol. The van der Waals surface area contributed by atoms with Gasteiger partial charge in [0.05, 0.1) is 6.04 Å². The quantitative estimate of drug-likeness (QED) is 0.868. The lowest BCUT2D eigenvalue weighted by atomic mass is 10.0. The van der Waals surface area contributed by atoms with Crippen LogP contribution < -0.4 is 5.32 Å². The third-order valence-corrected chi connectivity index (χ3v) is 3.75. The number of hydrogen-bond acceptors (Lipinski definition) is 2. The van der Waals surface area contributed by atoms with Crippen molar-refractivity contribution in [3.8, 4) is 0 Å². The van der Waals surface area contributed by atoms with Gasteiger partial charge in [0, 0.05) is 25.1 Å². The molecular formula is C16H23FN2O. The van der Waals surface area contributed by atoms with Crippen LogP contribution in [-0.2, 0) is 4.79 Å². The molecule has 110 valence electrons. The van der Waals surface area contributed by atoms with Crippen LogP contribution in [0.15, 0.2) is 24.3 Å². The SMILES string of the molecule is CCCNC(CN1CCCCC1=O)c1ccccc1F. The molecule has 0 aromatic heterocycles. The van der Waals surface area contributed by atoms with E-state index in [1.165, 1.54) is 6.07 Å². The van der Waals surface area contributed by atoms with Crippen LogP contribution in [0.25, 0.3) is 0 Å². The van der Waals surface area contributed by atoms with Crippen LogP contribution >= 0.6 is 0 Å². The third-order valence-electron chi connectivity index (χ3n) is 3.75. The lowest BCUT2D eigenvalue weighted by molar-refractivity contribution is -0.133. The summed E-state index contributed by atoms with van der Waals surface area (Å²) in [4.78, 5) is 13.8. The van der Waals surface area contributed by atoms with Crippen molar-refractivity contribution in [3.05, 3.63) is 35.6 Å². The number of nitrogens with one attached hydrogen (secondary N) is 1. The Hall–Kier alpha value is -1.42. The summed E-state index contributed by atoms with van der Waals surface area (Å²) >= 11 is 0. The van der Waals surface area contributed by atoms with Gasteiger partial charge in [-0.05, 0) is 31.9 Å². The van der Waals surface area contributed by atoms with Gasteiger partial charge in [-0.1, -0.05) is 25.1 Å². The van der Waals surface area contributed by atoms with Crippen LogP contribution in [0.1, 0.15) is 44.2 Å². The van der Waals surface area contributed by atoms with Crippen molar-refractivity contribution in [3.63, 3.8) is 0 Å². The van der Waals surface area contributed by atoms with Gasteiger partial charge < -0.3 is 10.2 Å². The molecule has 1 atom stereocenters. The highest BCUT2D eigenvalue weighted by Gasteiger charge is 2.23. The summed E-state index contributed by atoms with van der Waals surface area (Å²) in [6.45, 7) is 4.25. The molecule has 0 aliphatic carbocycles. The minimum atomic E-state index is -0.203. The number of nitrogens with zero attached hydrogens (tertiary/aromatic N) is 1. The van der Waals surface area contributed by atoms with E-state index in [0.29, 0.717) is 18.5 Å². The second kappa shape index (κ2) is 7.39. The van der Waals surface area contributed by atoms with Gasteiger partial charge in [0.15, 0.2) is 0 Å². The smallest absolute Gasteiger partial charge is 0.222 e. The van der Waals surface area contributed by atoms with Crippen LogP contribution in [0.4, 0.5) is 4.39 Å². The summed E-state index contributed by atoms with van der Waals surface area (Å²) in [6.07, 6.45) is 3.63. The molecule has 1 heterocycles. The van der Waals surface area contributed by atoms with Crippen LogP contribution in [0.5, 0.6) is 0 Å². The van der Waals surface area contributed by atoms with Gasteiger partial charge >= 0.3 is 0 Å². The van der Waals surface area contributed by atoms with E-state index in [0.717, 1.165) is 32.4 Å². The van der Waals surface area contributed by atoms with E-state index in [1.807, 2.05) is 11.0 Å². The fraction of sp³-hybridized carbons (Fsp3) is 0.562. The summed E-state index contributed by atoms with van der Waals surface area (Å²) < 4.78 is 14.0. The van der Waals surface area contributed by atoms with Gasteiger partial charge in [0.25, 0.3) is 0 Å².